The lowest BCUT2D eigenvalue weighted by molar-refractivity contribution is 0.0912. The smallest absolute Gasteiger partial charge is 0.318 e. The van der Waals surface area contributed by atoms with Crippen LogP contribution in [0.25, 0.3) is 11.3 Å². The Morgan fingerprint density at radius 2 is 1.85 bits per heavy atom. The van der Waals surface area contributed by atoms with Gasteiger partial charge in [-0.25, -0.2) is 0 Å². The van der Waals surface area contributed by atoms with E-state index in [1.807, 2.05) is 32.9 Å². The summed E-state index contributed by atoms with van der Waals surface area (Å²) in [6, 6.07) is 12.0. The van der Waals surface area contributed by atoms with Gasteiger partial charge in [-0.2, -0.15) is 9.97 Å². The van der Waals surface area contributed by atoms with Gasteiger partial charge in [0.25, 0.3) is 5.91 Å². The molecule has 0 bridgehead atoms. The highest BCUT2D eigenvalue weighted by Crippen LogP contribution is 2.31. The molecule has 8 heteroatoms. The van der Waals surface area contributed by atoms with E-state index in [0.29, 0.717) is 31.4 Å². The SMILES string of the molecule is CCOc1nc(-c2cc(C(C)(C)NC(=O)c3ccncc3)ccc2C)cc(N2CCOCC2)n1. The van der Waals surface area contributed by atoms with Crippen LogP contribution < -0.4 is 15.0 Å². The molecule has 1 aromatic carbocycles. The molecule has 0 saturated carbocycles. The van der Waals surface area contributed by atoms with Gasteiger partial charge in [-0.15, -0.1) is 0 Å². The fourth-order valence-electron chi connectivity index (χ4n) is 3.92. The zero-order valence-electron chi connectivity index (χ0n) is 20.2. The Balaban J connectivity index is 1.68. The number of benzene rings is 1. The number of nitrogens with one attached hydrogen (secondary N) is 1. The van der Waals surface area contributed by atoms with Gasteiger partial charge in [0.1, 0.15) is 5.82 Å². The molecule has 1 aliphatic heterocycles. The Kier molecular flexibility index (Phi) is 7.07. The van der Waals surface area contributed by atoms with Crippen LogP contribution in [0.2, 0.25) is 0 Å². The van der Waals surface area contributed by atoms with Crippen LogP contribution in [0.15, 0.2) is 48.8 Å². The largest absolute Gasteiger partial charge is 0.464 e. The molecule has 4 rings (SSSR count). The highest BCUT2D eigenvalue weighted by Gasteiger charge is 2.25. The van der Waals surface area contributed by atoms with E-state index in [1.54, 1.807) is 24.5 Å². The molecule has 0 aliphatic carbocycles. The number of rotatable bonds is 7. The fourth-order valence-corrected chi connectivity index (χ4v) is 3.92. The summed E-state index contributed by atoms with van der Waals surface area (Å²) in [5.74, 6) is 0.677. The third-order valence-electron chi connectivity index (χ3n) is 5.90. The van der Waals surface area contributed by atoms with Crippen LogP contribution >= 0.6 is 0 Å². The van der Waals surface area contributed by atoms with E-state index in [2.05, 4.69) is 39.2 Å². The fraction of sp³-hybridized carbons (Fsp3) is 0.385. The van der Waals surface area contributed by atoms with E-state index in [-0.39, 0.29) is 5.91 Å². The number of carbonyl (C=O) groups excluding carboxylic acids is 1. The van der Waals surface area contributed by atoms with Crippen LogP contribution in [0.1, 0.15) is 42.3 Å². The Morgan fingerprint density at radius 3 is 2.56 bits per heavy atom. The summed E-state index contributed by atoms with van der Waals surface area (Å²) >= 11 is 0. The average molecular weight is 462 g/mol. The number of morpholine rings is 1. The molecule has 2 aromatic heterocycles. The summed E-state index contributed by atoms with van der Waals surface area (Å²) < 4.78 is 11.2. The average Bonchev–Trinajstić information content (AvgIpc) is 2.85. The number of anilines is 1. The first-order chi connectivity index (χ1) is 16.4. The van der Waals surface area contributed by atoms with Crippen LogP contribution in [-0.4, -0.2) is 53.8 Å². The Labute approximate surface area is 200 Å². The second-order valence-corrected chi connectivity index (χ2v) is 8.77. The minimum Gasteiger partial charge on any atom is -0.464 e. The number of carbonyl (C=O) groups is 1. The van der Waals surface area contributed by atoms with E-state index in [1.165, 1.54) is 0 Å². The zero-order valence-corrected chi connectivity index (χ0v) is 20.2. The van der Waals surface area contributed by atoms with Crippen LogP contribution in [0.4, 0.5) is 5.82 Å². The third kappa shape index (κ3) is 5.34. The molecular formula is C26H31N5O3. The number of amides is 1. The molecular weight excluding hydrogens is 430 g/mol. The van der Waals surface area contributed by atoms with Gasteiger partial charge in [0.2, 0.25) is 0 Å². The summed E-state index contributed by atoms with van der Waals surface area (Å²) in [4.78, 5) is 28.3. The molecule has 1 fully saturated rings. The lowest BCUT2D eigenvalue weighted by Gasteiger charge is -2.29. The number of nitrogens with zero attached hydrogens (tertiary/aromatic N) is 4. The predicted octanol–water partition coefficient (Wildman–Crippen LogP) is 3.75. The van der Waals surface area contributed by atoms with Crippen molar-refractivity contribution in [2.45, 2.75) is 33.2 Å². The Hall–Kier alpha value is -3.52. The van der Waals surface area contributed by atoms with Crippen molar-refractivity contribution < 1.29 is 14.3 Å². The second kappa shape index (κ2) is 10.2. The van der Waals surface area contributed by atoms with Crippen molar-refractivity contribution in [3.05, 3.63) is 65.5 Å². The summed E-state index contributed by atoms with van der Waals surface area (Å²) in [7, 11) is 0. The summed E-state index contributed by atoms with van der Waals surface area (Å²) in [5.41, 5.74) is 3.78. The number of hydrogen-bond donors (Lipinski definition) is 1. The molecule has 0 spiro atoms. The first-order valence-electron chi connectivity index (χ1n) is 11.6. The minimum absolute atomic E-state index is 0.148. The van der Waals surface area contributed by atoms with Gasteiger partial charge >= 0.3 is 6.01 Å². The van der Waals surface area contributed by atoms with Crippen LogP contribution in [0, 0.1) is 6.92 Å². The van der Waals surface area contributed by atoms with Crippen molar-refractivity contribution >= 4 is 11.7 Å². The molecule has 178 valence electrons. The van der Waals surface area contributed by atoms with Gasteiger partial charge < -0.3 is 19.7 Å². The van der Waals surface area contributed by atoms with Gasteiger partial charge in [0.15, 0.2) is 0 Å². The van der Waals surface area contributed by atoms with Crippen molar-refractivity contribution in [1.29, 1.82) is 0 Å². The van der Waals surface area contributed by atoms with E-state index in [4.69, 9.17) is 14.5 Å². The normalized spacial score (nSPS) is 14.1. The van der Waals surface area contributed by atoms with Gasteiger partial charge in [-0.1, -0.05) is 12.1 Å². The standard InChI is InChI=1S/C26H31N5O3/c1-5-34-25-28-22(17-23(29-25)31-12-14-33-15-13-31)21-16-20(7-6-18(21)2)26(3,4)30-24(32)19-8-10-27-11-9-19/h6-11,16-17H,5,12-15H2,1-4H3,(H,30,32). The van der Waals surface area contributed by atoms with E-state index in [9.17, 15) is 4.79 Å². The van der Waals surface area contributed by atoms with Crippen LogP contribution in [-0.2, 0) is 10.3 Å². The number of pyridine rings is 1. The zero-order chi connectivity index (χ0) is 24.1. The molecule has 34 heavy (non-hydrogen) atoms. The van der Waals surface area contributed by atoms with Gasteiger partial charge in [-0.3, -0.25) is 9.78 Å². The molecule has 8 nitrogen and oxygen atoms in total. The summed E-state index contributed by atoms with van der Waals surface area (Å²) in [6.07, 6.45) is 3.23. The first-order valence-corrected chi connectivity index (χ1v) is 11.6. The van der Waals surface area contributed by atoms with E-state index in [0.717, 1.165) is 41.3 Å². The van der Waals surface area contributed by atoms with Gasteiger partial charge in [0.05, 0.1) is 31.1 Å². The molecule has 3 aromatic rings. The van der Waals surface area contributed by atoms with Crippen molar-refractivity contribution in [3.63, 3.8) is 0 Å². The maximum absolute atomic E-state index is 12.8. The number of hydrogen-bond acceptors (Lipinski definition) is 7. The molecule has 1 N–H and O–H groups in total. The Bertz CT molecular complexity index is 1140. The molecule has 0 unspecified atom stereocenters. The number of aromatic nitrogens is 3. The number of ether oxygens (including phenoxy) is 2. The van der Waals surface area contributed by atoms with E-state index >= 15 is 0 Å². The topological polar surface area (TPSA) is 89.5 Å². The monoisotopic (exact) mass is 461 g/mol. The third-order valence-corrected chi connectivity index (χ3v) is 5.90. The maximum Gasteiger partial charge on any atom is 0.318 e. The molecule has 3 heterocycles. The summed E-state index contributed by atoms with van der Waals surface area (Å²) in [5, 5.41) is 3.14. The quantitative estimate of drug-likeness (QED) is 0.573. The van der Waals surface area contributed by atoms with Crippen LogP contribution in [0.3, 0.4) is 0 Å². The second-order valence-electron chi connectivity index (χ2n) is 8.77. The highest BCUT2D eigenvalue weighted by atomic mass is 16.5. The molecule has 1 aliphatic rings. The predicted molar refractivity (Wildman–Crippen MR) is 131 cm³/mol. The molecule has 0 radical (unpaired) electrons. The number of aryl methyl sites for hydroxylation is 1. The molecule has 1 amide bonds. The lowest BCUT2D eigenvalue weighted by atomic mass is 9.90. The first kappa shape index (κ1) is 23.6. The van der Waals surface area contributed by atoms with Crippen molar-refractivity contribution in [3.8, 4) is 17.3 Å². The van der Waals surface area contributed by atoms with Crippen LogP contribution in [0.5, 0.6) is 6.01 Å². The minimum atomic E-state index is -0.606. The van der Waals surface area contributed by atoms with Crippen molar-refractivity contribution in [2.24, 2.45) is 0 Å². The summed E-state index contributed by atoms with van der Waals surface area (Å²) in [6.45, 7) is 11.3. The Morgan fingerprint density at radius 1 is 1.12 bits per heavy atom. The van der Waals surface area contributed by atoms with Crippen molar-refractivity contribution in [2.75, 3.05) is 37.8 Å². The highest BCUT2D eigenvalue weighted by molar-refractivity contribution is 5.94. The molecule has 0 atom stereocenters. The molecule has 1 saturated heterocycles. The van der Waals surface area contributed by atoms with E-state index < -0.39 is 5.54 Å². The maximum atomic E-state index is 12.8. The van der Waals surface area contributed by atoms with Gasteiger partial charge in [0, 0.05) is 42.7 Å². The van der Waals surface area contributed by atoms with Crippen molar-refractivity contribution in [1.82, 2.24) is 20.3 Å². The lowest BCUT2D eigenvalue weighted by Crippen LogP contribution is -2.41. The van der Waals surface area contributed by atoms with Gasteiger partial charge in [-0.05, 0) is 57.0 Å².